The fraction of sp³-hybridized carbons (Fsp3) is 1.00. The van der Waals surface area contributed by atoms with E-state index in [0.29, 0.717) is 5.41 Å². The van der Waals surface area contributed by atoms with Crippen LogP contribution in [0.15, 0.2) is 0 Å². The van der Waals surface area contributed by atoms with Gasteiger partial charge in [0.1, 0.15) is 0 Å². The Kier molecular flexibility index (Phi) is 2.10. The molecule has 0 bridgehead atoms. The second-order valence-electron chi connectivity index (χ2n) is 4.31. The van der Waals surface area contributed by atoms with Crippen LogP contribution in [-0.2, 0) is 4.74 Å². The highest BCUT2D eigenvalue weighted by Gasteiger charge is 2.46. The summed E-state index contributed by atoms with van der Waals surface area (Å²) in [6.45, 7) is 5.02. The maximum absolute atomic E-state index is 5.80. The minimum Gasteiger partial charge on any atom is -0.380 e. The number of likely N-dealkylation sites (tertiary alicyclic amines) is 1. The number of hydrogen-bond acceptors (Lipinski definition) is 3. The fourth-order valence-corrected chi connectivity index (χ4v) is 2.32. The van der Waals surface area contributed by atoms with Crippen molar-refractivity contribution in [2.45, 2.75) is 6.42 Å². The molecular formula is C9H18N2O. The Hall–Kier alpha value is -0.120. The molecule has 0 aromatic heterocycles. The van der Waals surface area contributed by atoms with Crippen molar-refractivity contribution in [3.05, 3.63) is 0 Å². The third-order valence-electron chi connectivity index (χ3n) is 3.44. The minimum absolute atomic E-state index is 0.338. The molecule has 0 spiro atoms. The van der Waals surface area contributed by atoms with Gasteiger partial charge in [0.15, 0.2) is 0 Å². The lowest BCUT2D eigenvalue weighted by molar-refractivity contribution is -0.136. The van der Waals surface area contributed by atoms with Crippen molar-refractivity contribution in [1.82, 2.24) is 4.90 Å². The Balaban J connectivity index is 1.98. The molecule has 0 aromatic rings. The first kappa shape index (κ1) is 8.48. The molecule has 3 heteroatoms. The number of rotatable bonds is 2. The van der Waals surface area contributed by atoms with E-state index in [-0.39, 0.29) is 0 Å². The highest BCUT2D eigenvalue weighted by molar-refractivity contribution is 4.96. The van der Waals surface area contributed by atoms with E-state index in [1.165, 1.54) is 19.5 Å². The van der Waals surface area contributed by atoms with E-state index in [0.717, 1.165) is 25.7 Å². The molecule has 0 amide bonds. The third-order valence-corrected chi connectivity index (χ3v) is 3.44. The van der Waals surface area contributed by atoms with Gasteiger partial charge >= 0.3 is 0 Å². The van der Waals surface area contributed by atoms with Gasteiger partial charge in [-0.1, -0.05) is 0 Å². The Labute approximate surface area is 73.9 Å². The van der Waals surface area contributed by atoms with Gasteiger partial charge in [0.05, 0.1) is 13.2 Å². The summed E-state index contributed by atoms with van der Waals surface area (Å²) in [5.41, 5.74) is 6.13. The first-order valence-electron chi connectivity index (χ1n) is 4.73. The molecule has 1 atom stereocenters. The Morgan fingerprint density at radius 1 is 1.58 bits per heavy atom. The maximum Gasteiger partial charge on any atom is 0.0560 e. The highest BCUT2D eigenvalue weighted by Crippen LogP contribution is 2.39. The van der Waals surface area contributed by atoms with Crippen LogP contribution in [0.5, 0.6) is 0 Å². The zero-order chi connectivity index (χ0) is 8.60. The molecule has 2 saturated heterocycles. The molecule has 2 rings (SSSR count). The van der Waals surface area contributed by atoms with E-state index in [1.54, 1.807) is 0 Å². The topological polar surface area (TPSA) is 38.5 Å². The van der Waals surface area contributed by atoms with Crippen molar-refractivity contribution in [3.8, 4) is 0 Å². The molecule has 3 nitrogen and oxygen atoms in total. The van der Waals surface area contributed by atoms with Gasteiger partial charge in [0.2, 0.25) is 0 Å². The maximum atomic E-state index is 5.80. The van der Waals surface area contributed by atoms with Crippen LogP contribution in [-0.4, -0.2) is 44.8 Å². The van der Waals surface area contributed by atoms with Crippen molar-refractivity contribution < 1.29 is 4.74 Å². The van der Waals surface area contributed by atoms with Gasteiger partial charge in [-0.05, 0) is 25.9 Å². The lowest BCUT2D eigenvalue weighted by Crippen LogP contribution is -2.54. The largest absolute Gasteiger partial charge is 0.380 e. The van der Waals surface area contributed by atoms with Crippen molar-refractivity contribution in [2.24, 2.45) is 17.1 Å². The first-order chi connectivity index (χ1) is 5.77. The van der Waals surface area contributed by atoms with Crippen LogP contribution >= 0.6 is 0 Å². The molecule has 0 saturated carbocycles. The second kappa shape index (κ2) is 2.98. The van der Waals surface area contributed by atoms with Crippen molar-refractivity contribution in [2.75, 3.05) is 39.9 Å². The van der Waals surface area contributed by atoms with E-state index in [9.17, 15) is 0 Å². The first-order valence-corrected chi connectivity index (χ1v) is 4.73. The zero-order valence-corrected chi connectivity index (χ0v) is 7.75. The highest BCUT2D eigenvalue weighted by atomic mass is 16.5. The van der Waals surface area contributed by atoms with Gasteiger partial charge in [-0.25, -0.2) is 0 Å². The van der Waals surface area contributed by atoms with Gasteiger partial charge in [0, 0.05) is 18.5 Å². The summed E-state index contributed by atoms with van der Waals surface area (Å²) >= 11 is 0. The van der Waals surface area contributed by atoms with Crippen molar-refractivity contribution in [1.29, 1.82) is 0 Å². The van der Waals surface area contributed by atoms with Crippen LogP contribution < -0.4 is 5.73 Å². The molecule has 12 heavy (non-hydrogen) atoms. The lowest BCUT2D eigenvalue weighted by Gasteiger charge is -2.45. The van der Waals surface area contributed by atoms with E-state index in [1.807, 2.05) is 0 Å². The van der Waals surface area contributed by atoms with E-state index in [2.05, 4.69) is 11.9 Å². The molecule has 0 aliphatic carbocycles. The number of nitrogens with zero attached hydrogens (tertiary/aromatic N) is 1. The number of ether oxygens (including phenoxy) is 1. The van der Waals surface area contributed by atoms with Crippen molar-refractivity contribution in [3.63, 3.8) is 0 Å². The molecular weight excluding hydrogens is 152 g/mol. The Morgan fingerprint density at radius 2 is 2.33 bits per heavy atom. The van der Waals surface area contributed by atoms with Crippen LogP contribution in [0.3, 0.4) is 0 Å². The van der Waals surface area contributed by atoms with Gasteiger partial charge in [0.25, 0.3) is 0 Å². The summed E-state index contributed by atoms with van der Waals surface area (Å²) in [7, 11) is 2.18. The summed E-state index contributed by atoms with van der Waals surface area (Å²) in [6.07, 6.45) is 1.30. The summed E-state index contributed by atoms with van der Waals surface area (Å²) in [4.78, 5) is 2.39. The summed E-state index contributed by atoms with van der Waals surface area (Å²) in [6, 6.07) is 0. The predicted octanol–water partition coefficient (Wildman–Crippen LogP) is -0.0866. The molecule has 1 unspecified atom stereocenters. The lowest BCUT2D eigenvalue weighted by atomic mass is 9.73. The third kappa shape index (κ3) is 1.16. The minimum atomic E-state index is 0.338. The summed E-state index contributed by atoms with van der Waals surface area (Å²) in [5, 5.41) is 0. The van der Waals surface area contributed by atoms with Gasteiger partial charge in [-0.3, -0.25) is 0 Å². The standard InChI is InChI=1S/C9H18N2O/c1-11-3-2-8(4-11)9(5-10)6-12-7-9/h8H,2-7,10H2,1H3. The quantitative estimate of drug-likeness (QED) is 0.629. The predicted molar refractivity (Wildman–Crippen MR) is 47.9 cm³/mol. The molecule has 2 aliphatic rings. The average molecular weight is 170 g/mol. The molecule has 70 valence electrons. The molecule has 2 N–H and O–H groups in total. The molecule has 0 radical (unpaired) electrons. The molecule has 2 aliphatic heterocycles. The monoisotopic (exact) mass is 170 g/mol. The van der Waals surface area contributed by atoms with Gasteiger partial charge in [-0.15, -0.1) is 0 Å². The normalized spacial score (nSPS) is 35.0. The van der Waals surface area contributed by atoms with E-state index < -0.39 is 0 Å². The van der Waals surface area contributed by atoms with Crippen LogP contribution in [0.1, 0.15) is 6.42 Å². The van der Waals surface area contributed by atoms with Crippen LogP contribution in [0.4, 0.5) is 0 Å². The molecule has 2 heterocycles. The fourth-order valence-electron chi connectivity index (χ4n) is 2.32. The number of nitrogens with two attached hydrogens (primary N) is 1. The zero-order valence-electron chi connectivity index (χ0n) is 7.75. The second-order valence-corrected chi connectivity index (χ2v) is 4.31. The van der Waals surface area contributed by atoms with E-state index >= 15 is 0 Å². The van der Waals surface area contributed by atoms with Crippen LogP contribution in [0.25, 0.3) is 0 Å². The average Bonchev–Trinajstić information content (AvgIpc) is 2.35. The van der Waals surface area contributed by atoms with E-state index in [4.69, 9.17) is 10.5 Å². The molecule has 0 aromatic carbocycles. The summed E-state index contributed by atoms with van der Waals surface area (Å²) < 4.78 is 5.28. The van der Waals surface area contributed by atoms with Crippen LogP contribution in [0.2, 0.25) is 0 Å². The number of hydrogen-bond donors (Lipinski definition) is 1. The Morgan fingerprint density at radius 3 is 2.67 bits per heavy atom. The van der Waals surface area contributed by atoms with Gasteiger partial charge < -0.3 is 15.4 Å². The molecule has 2 fully saturated rings. The van der Waals surface area contributed by atoms with Crippen molar-refractivity contribution >= 4 is 0 Å². The summed E-state index contributed by atoms with van der Waals surface area (Å²) in [5.74, 6) is 0.779. The smallest absolute Gasteiger partial charge is 0.0560 e. The Bertz CT molecular complexity index is 162. The van der Waals surface area contributed by atoms with Gasteiger partial charge in [-0.2, -0.15) is 0 Å². The van der Waals surface area contributed by atoms with Crippen LogP contribution in [0, 0.1) is 11.3 Å². The SMILES string of the molecule is CN1CCC(C2(CN)COC2)C1.